The molecule has 2 unspecified atom stereocenters. The molecule has 2 fully saturated rings. The highest BCUT2D eigenvalue weighted by atomic mass is 16.2. The summed E-state index contributed by atoms with van der Waals surface area (Å²) in [6, 6.07) is -0.396. The van der Waals surface area contributed by atoms with E-state index in [1.54, 1.807) is 6.92 Å². The zero-order valence-electron chi connectivity index (χ0n) is 7.91. The fourth-order valence-electron chi connectivity index (χ4n) is 1.97. The topological polar surface area (TPSA) is 49.4 Å². The summed E-state index contributed by atoms with van der Waals surface area (Å²) in [4.78, 5) is 24.3. The predicted octanol–water partition coefficient (Wildman–Crippen LogP) is 0.725. The van der Waals surface area contributed by atoms with Crippen LogP contribution in [0.4, 0.5) is 4.79 Å². The third-order valence-corrected chi connectivity index (χ3v) is 3.07. The van der Waals surface area contributed by atoms with Crippen LogP contribution in [0.3, 0.4) is 0 Å². The first kappa shape index (κ1) is 8.53. The van der Waals surface area contributed by atoms with Gasteiger partial charge in [0, 0.05) is 6.04 Å². The zero-order chi connectivity index (χ0) is 9.59. The number of rotatable bonds is 1. The number of hydrogen-bond donors (Lipinski definition) is 1. The summed E-state index contributed by atoms with van der Waals surface area (Å²) in [5, 5.41) is 2.62. The van der Waals surface area contributed by atoms with Crippen LogP contribution >= 0.6 is 0 Å². The Morgan fingerprint density at radius 1 is 1.31 bits per heavy atom. The van der Waals surface area contributed by atoms with Gasteiger partial charge in [0.25, 0.3) is 5.91 Å². The summed E-state index contributed by atoms with van der Waals surface area (Å²) in [7, 11) is 0. The quantitative estimate of drug-likeness (QED) is 0.607. The monoisotopic (exact) mass is 182 g/mol. The second-order valence-corrected chi connectivity index (χ2v) is 4.00. The Kier molecular flexibility index (Phi) is 1.78. The molecule has 2 aliphatic rings. The largest absolute Gasteiger partial charge is 0.326 e. The highest BCUT2D eigenvalue weighted by Crippen LogP contribution is 2.33. The minimum atomic E-state index is -0.333. The molecule has 0 aromatic carbocycles. The standard InChI is InChI=1S/C9H14N2O2/c1-5-3-4-7(5)11-8(12)6(2)10-9(11)13/h5-7H,3-4H2,1-2H3,(H,10,13)/t5?,6-,7?/m0/s1. The Morgan fingerprint density at radius 3 is 2.31 bits per heavy atom. The predicted molar refractivity (Wildman–Crippen MR) is 47.0 cm³/mol. The molecular weight excluding hydrogens is 168 g/mol. The summed E-state index contributed by atoms with van der Waals surface area (Å²) in [6.45, 7) is 3.81. The summed E-state index contributed by atoms with van der Waals surface area (Å²) in [6.07, 6.45) is 2.09. The number of hydrogen-bond acceptors (Lipinski definition) is 2. The minimum Gasteiger partial charge on any atom is -0.326 e. The normalized spacial score (nSPS) is 38.9. The van der Waals surface area contributed by atoms with Gasteiger partial charge in [0.1, 0.15) is 6.04 Å². The van der Waals surface area contributed by atoms with E-state index in [-0.39, 0.29) is 24.0 Å². The molecule has 0 aromatic heterocycles. The van der Waals surface area contributed by atoms with E-state index in [0.717, 1.165) is 12.8 Å². The molecule has 0 radical (unpaired) electrons. The average Bonchev–Trinajstić information content (AvgIpc) is 2.30. The molecule has 1 saturated heterocycles. The maximum Gasteiger partial charge on any atom is 0.325 e. The second kappa shape index (κ2) is 2.72. The first-order valence-corrected chi connectivity index (χ1v) is 4.75. The number of nitrogens with one attached hydrogen (secondary N) is 1. The molecule has 4 heteroatoms. The molecule has 72 valence electrons. The van der Waals surface area contributed by atoms with Crippen LogP contribution in [0.25, 0.3) is 0 Å². The summed E-state index contributed by atoms with van der Waals surface area (Å²) >= 11 is 0. The van der Waals surface area contributed by atoms with E-state index in [1.807, 2.05) is 0 Å². The molecule has 1 aliphatic carbocycles. The second-order valence-electron chi connectivity index (χ2n) is 4.00. The van der Waals surface area contributed by atoms with Gasteiger partial charge in [-0.2, -0.15) is 0 Å². The maximum absolute atomic E-state index is 11.5. The van der Waals surface area contributed by atoms with Gasteiger partial charge in [0.05, 0.1) is 0 Å². The number of nitrogens with zero attached hydrogens (tertiary/aromatic N) is 1. The van der Waals surface area contributed by atoms with Gasteiger partial charge in [-0.15, -0.1) is 0 Å². The number of carbonyl (C=O) groups is 2. The molecule has 3 atom stereocenters. The lowest BCUT2D eigenvalue weighted by Gasteiger charge is -2.38. The van der Waals surface area contributed by atoms with Gasteiger partial charge >= 0.3 is 6.03 Å². The van der Waals surface area contributed by atoms with Crippen molar-refractivity contribution in [3.05, 3.63) is 0 Å². The molecule has 4 nitrogen and oxygen atoms in total. The third kappa shape index (κ3) is 1.12. The van der Waals surface area contributed by atoms with Crippen molar-refractivity contribution >= 4 is 11.9 Å². The lowest BCUT2D eigenvalue weighted by molar-refractivity contribution is -0.131. The molecule has 0 aromatic rings. The Morgan fingerprint density at radius 2 is 2.00 bits per heavy atom. The molecule has 0 bridgehead atoms. The van der Waals surface area contributed by atoms with Crippen LogP contribution in [0.15, 0.2) is 0 Å². The fourth-order valence-corrected chi connectivity index (χ4v) is 1.97. The SMILES string of the molecule is CC1CCC1N1C(=O)N[C@@H](C)C1=O. The van der Waals surface area contributed by atoms with Crippen molar-refractivity contribution in [2.24, 2.45) is 5.92 Å². The highest BCUT2D eigenvalue weighted by Gasteiger charge is 2.44. The molecule has 1 saturated carbocycles. The molecule has 2 rings (SSSR count). The van der Waals surface area contributed by atoms with Crippen LogP contribution in [0.5, 0.6) is 0 Å². The molecule has 0 spiro atoms. The average molecular weight is 182 g/mol. The summed E-state index contributed by atoms with van der Waals surface area (Å²) in [5.74, 6) is 0.404. The van der Waals surface area contributed by atoms with Crippen LogP contribution in [0.2, 0.25) is 0 Å². The van der Waals surface area contributed by atoms with E-state index < -0.39 is 0 Å². The zero-order valence-corrected chi connectivity index (χ0v) is 7.91. The maximum atomic E-state index is 11.5. The molecule has 3 amide bonds. The van der Waals surface area contributed by atoms with E-state index in [9.17, 15) is 9.59 Å². The number of imide groups is 1. The molecule has 1 N–H and O–H groups in total. The van der Waals surface area contributed by atoms with Gasteiger partial charge in [-0.3, -0.25) is 9.69 Å². The van der Waals surface area contributed by atoms with Crippen molar-refractivity contribution in [3.8, 4) is 0 Å². The van der Waals surface area contributed by atoms with Crippen molar-refractivity contribution in [3.63, 3.8) is 0 Å². The number of carbonyl (C=O) groups excluding carboxylic acids is 2. The van der Waals surface area contributed by atoms with Crippen molar-refractivity contribution in [1.82, 2.24) is 10.2 Å². The van der Waals surface area contributed by atoms with Gasteiger partial charge in [-0.25, -0.2) is 4.79 Å². The third-order valence-electron chi connectivity index (χ3n) is 3.07. The smallest absolute Gasteiger partial charge is 0.325 e. The fraction of sp³-hybridized carbons (Fsp3) is 0.778. The van der Waals surface area contributed by atoms with Crippen LogP contribution in [0.1, 0.15) is 26.7 Å². The number of urea groups is 1. The highest BCUT2D eigenvalue weighted by molar-refractivity contribution is 6.04. The van der Waals surface area contributed by atoms with Crippen molar-refractivity contribution in [1.29, 1.82) is 0 Å². The Hall–Kier alpha value is -1.06. The Balaban J connectivity index is 2.14. The van der Waals surface area contributed by atoms with Gasteiger partial charge in [-0.05, 0) is 25.7 Å². The van der Waals surface area contributed by atoms with Crippen LogP contribution in [-0.4, -0.2) is 28.9 Å². The lowest BCUT2D eigenvalue weighted by atomic mass is 9.80. The summed E-state index contributed by atoms with van der Waals surface area (Å²) < 4.78 is 0. The minimum absolute atomic E-state index is 0.0680. The van der Waals surface area contributed by atoms with E-state index in [4.69, 9.17) is 0 Å². The molecule has 1 aliphatic heterocycles. The van der Waals surface area contributed by atoms with Crippen molar-refractivity contribution in [2.75, 3.05) is 0 Å². The van der Waals surface area contributed by atoms with Crippen LogP contribution in [0, 0.1) is 5.92 Å². The van der Waals surface area contributed by atoms with Crippen molar-refractivity contribution < 1.29 is 9.59 Å². The van der Waals surface area contributed by atoms with Gasteiger partial charge in [-0.1, -0.05) is 6.92 Å². The van der Waals surface area contributed by atoms with E-state index in [1.165, 1.54) is 4.90 Å². The molecule has 1 heterocycles. The van der Waals surface area contributed by atoms with Gasteiger partial charge < -0.3 is 5.32 Å². The van der Waals surface area contributed by atoms with Gasteiger partial charge in [0.2, 0.25) is 0 Å². The van der Waals surface area contributed by atoms with E-state index >= 15 is 0 Å². The number of amides is 3. The van der Waals surface area contributed by atoms with Crippen LogP contribution < -0.4 is 5.32 Å². The first-order valence-electron chi connectivity index (χ1n) is 4.75. The lowest BCUT2D eigenvalue weighted by Crippen LogP contribution is -2.49. The van der Waals surface area contributed by atoms with Gasteiger partial charge in [0.15, 0.2) is 0 Å². The Labute approximate surface area is 77.3 Å². The first-order chi connectivity index (χ1) is 6.11. The molecular formula is C9H14N2O2. The van der Waals surface area contributed by atoms with Crippen LogP contribution in [-0.2, 0) is 4.79 Å². The Bertz CT molecular complexity index is 264. The van der Waals surface area contributed by atoms with E-state index in [2.05, 4.69) is 12.2 Å². The van der Waals surface area contributed by atoms with Crippen molar-refractivity contribution in [2.45, 2.75) is 38.8 Å². The van der Waals surface area contributed by atoms with E-state index in [0.29, 0.717) is 5.92 Å². The molecule has 13 heavy (non-hydrogen) atoms. The summed E-state index contributed by atoms with van der Waals surface area (Å²) in [5.41, 5.74) is 0.